The van der Waals surface area contributed by atoms with E-state index in [9.17, 15) is 28.1 Å². The van der Waals surface area contributed by atoms with Gasteiger partial charge in [-0.15, -0.1) is 0 Å². The molecule has 0 saturated heterocycles. The molecule has 1 N–H and O–H groups in total. The van der Waals surface area contributed by atoms with Crippen LogP contribution in [0.2, 0.25) is 0 Å². The number of nitro benzene ring substituents is 1. The summed E-state index contributed by atoms with van der Waals surface area (Å²) in [5.74, 6) is -1.19. The maximum Gasteiger partial charge on any atom is 0.287 e. The first-order valence-electron chi connectivity index (χ1n) is 11.5. The Hall–Kier alpha value is -4.96. The van der Waals surface area contributed by atoms with Gasteiger partial charge in [-0.05, 0) is 23.8 Å². The summed E-state index contributed by atoms with van der Waals surface area (Å²) in [4.78, 5) is 37.2. The van der Waals surface area contributed by atoms with Gasteiger partial charge in [0.15, 0.2) is 18.1 Å². The Morgan fingerprint density at radius 3 is 2.03 bits per heavy atom. The number of Topliss-reactive ketones (excluding diaryl/α,β-unsaturated/α-hetero) is 2. The number of nitro groups is 1. The van der Waals surface area contributed by atoms with Crippen molar-refractivity contribution < 1.29 is 27.5 Å². The summed E-state index contributed by atoms with van der Waals surface area (Å²) in [6, 6.07) is 23.7. The van der Waals surface area contributed by atoms with Crippen LogP contribution < -0.4 is 9.29 Å². The Bertz CT molecular complexity index is 1730. The van der Waals surface area contributed by atoms with Crippen molar-refractivity contribution in [3.8, 4) is 0 Å². The maximum absolute atomic E-state index is 13.6. The molecular formula is C28H20N3O6S+. The molecule has 4 aromatic rings. The third kappa shape index (κ3) is 4.72. The highest BCUT2D eigenvalue weighted by Gasteiger charge is 2.40. The molecule has 0 unspecified atom stereocenters. The fraction of sp³-hybridized carbons (Fsp3) is 0.0357. The van der Waals surface area contributed by atoms with Gasteiger partial charge in [-0.2, -0.15) is 4.57 Å². The van der Waals surface area contributed by atoms with Gasteiger partial charge in [0.1, 0.15) is 0 Å². The summed E-state index contributed by atoms with van der Waals surface area (Å²) in [5, 5.41) is 11.0. The number of ketones is 2. The Kier molecular flexibility index (Phi) is 6.39. The monoisotopic (exact) mass is 526 g/mol. The molecule has 3 aromatic carbocycles. The average molecular weight is 527 g/mol. The first kappa shape index (κ1) is 24.7. The highest BCUT2D eigenvalue weighted by Crippen LogP contribution is 2.27. The minimum atomic E-state index is -4.38. The van der Waals surface area contributed by atoms with Crippen molar-refractivity contribution in [2.75, 3.05) is 0 Å². The van der Waals surface area contributed by atoms with Crippen LogP contribution in [0.4, 0.5) is 5.69 Å². The molecule has 0 saturated carbocycles. The molecule has 1 heterocycles. The summed E-state index contributed by atoms with van der Waals surface area (Å²) in [6.45, 7) is 0. The fourth-order valence-corrected chi connectivity index (χ4v) is 5.31. The maximum atomic E-state index is 13.6. The van der Waals surface area contributed by atoms with Crippen LogP contribution in [0.5, 0.6) is 0 Å². The van der Waals surface area contributed by atoms with Gasteiger partial charge < -0.3 is 0 Å². The SMILES string of the molecule is O=C1C(NS(=O)(=O)c2ccc([N+](=O)[O-])cc2)=C([n+]2cccc(Cc3ccccc3)c2)C(=O)c2ccccc21. The van der Waals surface area contributed by atoms with Crippen molar-refractivity contribution in [3.63, 3.8) is 0 Å². The molecule has 0 amide bonds. The van der Waals surface area contributed by atoms with E-state index in [1.54, 1.807) is 30.6 Å². The number of nitrogens with zero attached hydrogens (tertiary/aromatic N) is 2. The molecule has 5 rings (SSSR count). The minimum absolute atomic E-state index is 0.0729. The normalized spacial score (nSPS) is 13.3. The van der Waals surface area contributed by atoms with Crippen molar-refractivity contribution in [1.82, 2.24) is 4.72 Å². The van der Waals surface area contributed by atoms with Crippen molar-refractivity contribution in [2.45, 2.75) is 11.3 Å². The van der Waals surface area contributed by atoms with Crippen molar-refractivity contribution in [1.29, 1.82) is 0 Å². The topological polar surface area (TPSA) is 127 Å². The molecule has 38 heavy (non-hydrogen) atoms. The fourth-order valence-electron chi connectivity index (χ4n) is 4.24. The van der Waals surface area contributed by atoms with Gasteiger partial charge in [0.05, 0.1) is 9.82 Å². The molecule has 0 spiro atoms. The van der Waals surface area contributed by atoms with Gasteiger partial charge in [0.2, 0.25) is 5.78 Å². The number of sulfonamides is 1. The predicted molar refractivity (Wildman–Crippen MR) is 138 cm³/mol. The largest absolute Gasteiger partial charge is 0.287 e. The highest BCUT2D eigenvalue weighted by atomic mass is 32.2. The van der Waals surface area contributed by atoms with Gasteiger partial charge in [-0.1, -0.05) is 54.6 Å². The number of fused-ring (bicyclic) bond motifs is 1. The number of carbonyl (C=O) groups excluding carboxylic acids is 2. The van der Waals surface area contributed by atoms with Gasteiger partial charge in [-0.25, -0.2) is 8.42 Å². The lowest BCUT2D eigenvalue weighted by Gasteiger charge is -2.18. The lowest BCUT2D eigenvalue weighted by Crippen LogP contribution is -2.44. The van der Waals surface area contributed by atoms with E-state index in [-0.39, 0.29) is 27.4 Å². The molecule has 0 radical (unpaired) electrons. The van der Waals surface area contributed by atoms with Crippen LogP contribution in [-0.2, 0) is 16.4 Å². The third-order valence-electron chi connectivity index (χ3n) is 6.06. The summed E-state index contributed by atoms with van der Waals surface area (Å²) >= 11 is 0. The van der Waals surface area contributed by atoms with Crippen LogP contribution in [0.1, 0.15) is 31.8 Å². The third-order valence-corrected chi connectivity index (χ3v) is 7.43. The number of non-ortho nitro benzene ring substituents is 1. The Morgan fingerprint density at radius 1 is 0.763 bits per heavy atom. The number of aromatic nitrogens is 1. The summed E-state index contributed by atoms with van der Waals surface area (Å²) in [7, 11) is -4.38. The van der Waals surface area contributed by atoms with E-state index in [2.05, 4.69) is 4.72 Å². The number of carbonyl (C=O) groups is 2. The number of pyridine rings is 1. The van der Waals surface area contributed by atoms with Crippen molar-refractivity contribution >= 4 is 33.0 Å². The zero-order valence-corrected chi connectivity index (χ0v) is 20.6. The second kappa shape index (κ2) is 9.83. The number of hydrogen-bond donors (Lipinski definition) is 1. The standard InChI is InChI=1S/C28H19N3O6S/c32-27-23-10-4-5-11-24(23)28(33)26(30-16-6-9-20(18-30)17-19-7-2-1-3-8-19)25(27)29-38(36,37)22-14-12-21(13-15-22)31(34)35/h1-16,18H,17H2/p+1. The molecule has 1 aromatic heterocycles. The second-order valence-electron chi connectivity index (χ2n) is 8.57. The smallest absolute Gasteiger partial charge is 0.287 e. The quantitative estimate of drug-likeness (QED) is 0.222. The first-order chi connectivity index (χ1) is 18.2. The molecule has 0 atom stereocenters. The number of benzene rings is 3. The van der Waals surface area contributed by atoms with Crippen molar-refractivity contribution in [3.05, 3.63) is 141 Å². The van der Waals surface area contributed by atoms with Crippen LogP contribution in [0, 0.1) is 10.1 Å². The number of hydrogen-bond acceptors (Lipinski definition) is 6. The highest BCUT2D eigenvalue weighted by molar-refractivity contribution is 7.89. The van der Waals surface area contributed by atoms with Crippen LogP contribution in [0.15, 0.2) is 114 Å². The van der Waals surface area contributed by atoms with E-state index < -0.39 is 32.2 Å². The van der Waals surface area contributed by atoms with E-state index in [0.717, 1.165) is 35.4 Å². The molecule has 0 bridgehead atoms. The average Bonchev–Trinajstić information content (AvgIpc) is 2.92. The van der Waals surface area contributed by atoms with E-state index in [4.69, 9.17) is 0 Å². The van der Waals surface area contributed by atoms with Gasteiger partial charge in [0.25, 0.3) is 27.2 Å². The molecule has 188 valence electrons. The number of rotatable bonds is 7. The Balaban J connectivity index is 1.62. The summed E-state index contributed by atoms with van der Waals surface area (Å²) in [5.41, 5.74) is 1.27. The van der Waals surface area contributed by atoms with E-state index in [1.165, 1.54) is 16.7 Å². The van der Waals surface area contributed by atoms with Crippen molar-refractivity contribution in [2.24, 2.45) is 0 Å². The number of allylic oxidation sites excluding steroid dienone is 2. The first-order valence-corrected chi connectivity index (χ1v) is 13.0. The van der Waals surface area contributed by atoms with Crippen LogP contribution in [0.25, 0.3) is 5.70 Å². The molecule has 1 aliphatic rings. The molecule has 0 aliphatic heterocycles. The molecule has 1 aliphatic carbocycles. The van der Waals surface area contributed by atoms with Gasteiger partial charge in [0, 0.05) is 41.3 Å². The lowest BCUT2D eigenvalue weighted by molar-refractivity contribution is -0.577. The van der Waals surface area contributed by atoms with Crippen LogP contribution in [0.3, 0.4) is 0 Å². The second-order valence-corrected chi connectivity index (χ2v) is 10.2. The molecule has 0 fully saturated rings. The van der Waals surface area contributed by atoms with E-state index in [0.29, 0.717) is 6.42 Å². The lowest BCUT2D eigenvalue weighted by atomic mass is 9.90. The van der Waals surface area contributed by atoms with E-state index >= 15 is 0 Å². The molecular weight excluding hydrogens is 506 g/mol. The zero-order valence-electron chi connectivity index (χ0n) is 19.8. The Labute approximate surface area is 217 Å². The zero-order chi connectivity index (χ0) is 26.9. The van der Waals surface area contributed by atoms with Crippen LogP contribution in [-0.4, -0.2) is 24.9 Å². The number of nitrogens with one attached hydrogen (secondary N) is 1. The predicted octanol–water partition coefficient (Wildman–Crippen LogP) is 3.70. The summed E-state index contributed by atoms with van der Waals surface area (Å²) in [6.07, 6.45) is 3.81. The van der Waals surface area contributed by atoms with Gasteiger partial charge in [-0.3, -0.25) is 24.4 Å². The van der Waals surface area contributed by atoms with Crippen LogP contribution >= 0.6 is 0 Å². The van der Waals surface area contributed by atoms with E-state index in [1.807, 2.05) is 36.4 Å². The molecule has 9 nitrogen and oxygen atoms in total. The Morgan fingerprint density at radius 2 is 1.37 bits per heavy atom. The van der Waals surface area contributed by atoms with Gasteiger partial charge >= 0.3 is 0 Å². The molecule has 10 heteroatoms. The minimum Gasteiger partial charge on any atom is -0.287 e. The summed E-state index contributed by atoms with van der Waals surface area (Å²) < 4.78 is 30.2.